The highest BCUT2D eigenvalue weighted by molar-refractivity contribution is 6.32. The first-order valence-corrected chi connectivity index (χ1v) is 6.91. The number of phenols is 1. The summed E-state index contributed by atoms with van der Waals surface area (Å²) in [5.41, 5.74) is 1.82. The van der Waals surface area contributed by atoms with Gasteiger partial charge in [0.2, 0.25) is 0 Å². The monoisotopic (exact) mass is 280 g/mol. The van der Waals surface area contributed by atoms with Gasteiger partial charge in [0.1, 0.15) is 10.9 Å². The first-order chi connectivity index (χ1) is 9.20. The molecule has 0 saturated carbocycles. The van der Waals surface area contributed by atoms with Crippen molar-refractivity contribution in [2.45, 2.75) is 18.9 Å². The van der Waals surface area contributed by atoms with Crippen LogP contribution in [-0.4, -0.2) is 45.8 Å². The number of nitrogens with one attached hydrogen (secondary N) is 1. The molecular weight excluding hydrogens is 264 g/mol. The topological polar surface area (TPSA) is 59.5 Å². The van der Waals surface area contributed by atoms with E-state index in [9.17, 15) is 10.2 Å². The molecule has 5 heteroatoms. The number of halogens is 1. The van der Waals surface area contributed by atoms with E-state index in [1.165, 1.54) is 0 Å². The van der Waals surface area contributed by atoms with Crippen molar-refractivity contribution in [3.05, 3.63) is 28.9 Å². The van der Waals surface area contributed by atoms with Crippen molar-refractivity contribution >= 4 is 22.5 Å². The van der Waals surface area contributed by atoms with Crippen LogP contribution in [0, 0.1) is 0 Å². The van der Waals surface area contributed by atoms with E-state index in [0.717, 1.165) is 42.4 Å². The van der Waals surface area contributed by atoms with Crippen LogP contribution >= 0.6 is 11.6 Å². The van der Waals surface area contributed by atoms with Gasteiger partial charge in [-0.3, -0.25) is 4.90 Å². The van der Waals surface area contributed by atoms with Crippen molar-refractivity contribution in [3.63, 3.8) is 0 Å². The number of hydrogen-bond donors (Lipinski definition) is 3. The molecule has 1 aromatic heterocycles. The highest BCUT2D eigenvalue weighted by Crippen LogP contribution is 2.33. The van der Waals surface area contributed by atoms with Gasteiger partial charge in [0.15, 0.2) is 0 Å². The number of aromatic amines is 1. The highest BCUT2D eigenvalue weighted by Gasteiger charge is 2.27. The van der Waals surface area contributed by atoms with E-state index < -0.39 is 0 Å². The molecule has 0 bridgehead atoms. The average molecular weight is 281 g/mol. The third kappa shape index (κ3) is 2.20. The molecule has 0 amide bonds. The highest BCUT2D eigenvalue weighted by atomic mass is 35.5. The zero-order valence-electron chi connectivity index (χ0n) is 10.6. The van der Waals surface area contributed by atoms with Crippen molar-refractivity contribution in [1.82, 2.24) is 9.88 Å². The van der Waals surface area contributed by atoms with Crippen LogP contribution < -0.4 is 0 Å². The molecule has 3 rings (SSSR count). The Balaban J connectivity index is 1.82. The van der Waals surface area contributed by atoms with E-state index in [1.54, 1.807) is 12.1 Å². The normalized spacial score (nSPS) is 19.8. The van der Waals surface area contributed by atoms with E-state index in [0.29, 0.717) is 5.15 Å². The number of H-pyrrole nitrogens is 1. The number of nitrogens with zero attached hydrogens (tertiary/aromatic N) is 1. The molecule has 0 spiro atoms. The number of rotatable bonds is 4. The SMILES string of the molecule is OCC1CCN1CCc1c(Cl)[nH]c2cccc(O)c12. The van der Waals surface area contributed by atoms with E-state index >= 15 is 0 Å². The molecule has 102 valence electrons. The molecule has 1 atom stereocenters. The number of aromatic hydroxyl groups is 1. The molecule has 4 nitrogen and oxygen atoms in total. The number of benzene rings is 1. The van der Waals surface area contributed by atoms with Crippen LogP contribution in [0.5, 0.6) is 5.75 Å². The van der Waals surface area contributed by atoms with Crippen LogP contribution in [0.15, 0.2) is 18.2 Å². The Bertz CT molecular complexity index is 594. The lowest BCUT2D eigenvalue weighted by atomic mass is 10.0. The third-order valence-corrected chi connectivity index (χ3v) is 4.30. The second-order valence-corrected chi connectivity index (χ2v) is 5.41. The van der Waals surface area contributed by atoms with E-state index in [2.05, 4.69) is 9.88 Å². The lowest BCUT2D eigenvalue weighted by molar-refractivity contribution is 0.0437. The fraction of sp³-hybridized carbons (Fsp3) is 0.429. The minimum atomic E-state index is 0.215. The lowest BCUT2D eigenvalue weighted by Gasteiger charge is -2.39. The maximum Gasteiger partial charge on any atom is 0.125 e. The van der Waals surface area contributed by atoms with Gasteiger partial charge in [-0.05, 0) is 25.0 Å². The second kappa shape index (κ2) is 5.04. The molecule has 0 aliphatic carbocycles. The number of aromatic nitrogens is 1. The number of likely N-dealkylation sites (tertiary alicyclic amines) is 1. The van der Waals surface area contributed by atoms with Gasteiger partial charge in [0, 0.05) is 30.1 Å². The number of fused-ring (bicyclic) bond motifs is 1. The minimum Gasteiger partial charge on any atom is -0.507 e. The van der Waals surface area contributed by atoms with Gasteiger partial charge in [-0.25, -0.2) is 0 Å². The lowest BCUT2D eigenvalue weighted by Crippen LogP contribution is -2.50. The fourth-order valence-electron chi connectivity index (χ4n) is 2.75. The number of aliphatic hydroxyl groups is 1. The van der Waals surface area contributed by atoms with Crippen molar-refractivity contribution < 1.29 is 10.2 Å². The third-order valence-electron chi connectivity index (χ3n) is 3.98. The molecule has 1 aliphatic rings. The molecule has 1 saturated heterocycles. The Hall–Kier alpha value is -1.23. The summed E-state index contributed by atoms with van der Waals surface area (Å²) in [6.07, 6.45) is 1.83. The number of phenolic OH excluding ortho intramolecular Hbond substituents is 1. The minimum absolute atomic E-state index is 0.215. The Morgan fingerprint density at radius 3 is 2.95 bits per heavy atom. The molecule has 2 aromatic rings. The first-order valence-electron chi connectivity index (χ1n) is 6.53. The van der Waals surface area contributed by atoms with Crippen LogP contribution in [0.2, 0.25) is 5.15 Å². The molecule has 2 heterocycles. The smallest absolute Gasteiger partial charge is 0.125 e. The van der Waals surface area contributed by atoms with Gasteiger partial charge in [-0.2, -0.15) is 0 Å². The number of hydrogen-bond acceptors (Lipinski definition) is 3. The van der Waals surface area contributed by atoms with Gasteiger partial charge >= 0.3 is 0 Å². The maximum absolute atomic E-state index is 9.97. The fourth-order valence-corrected chi connectivity index (χ4v) is 3.04. The van der Waals surface area contributed by atoms with Crippen LogP contribution in [-0.2, 0) is 6.42 Å². The quantitative estimate of drug-likeness (QED) is 0.804. The molecule has 1 aromatic carbocycles. The van der Waals surface area contributed by atoms with E-state index in [4.69, 9.17) is 11.6 Å². The first kappa shape index (κ1) is 12.8. The van der Waals surface area contributed by atoms with Crippen LogP contribution in [0.25, 0.3) is 10.9 Å². The summed E-state index contributed by atoms with van der Waals surface area (Å²) in [4.78, 5) is 5.34. The Morgan fingerprint density at radius 1 is 1.42 bits per heavy atom. The molecule has 3 N–H and O–H groups in total. The molecular formula is C14H17ClN2O2. The summed E-state index contributed by atoms with van der Waals surface area (Å²) in [7, 11) is 0. The predicted molar refractivity (Wildman–Crippen MR) is 75.7 cm³/mol. The van der Waals surface area contributed by atoms with Gasteiger partial charge in [0.05, 0.1) is 12.1 Å². The summed E-state index contributed by atoms with van der Waals surface area (Å²) in [6, 6.07) is 5.67. The maximum atomic E-state index is 9.97. The molecule has 1 unspecified atom stereocenters. The largest absolute Gasteiger partial charge is 0.507 e. The Kier molecular flexibility index (Phi) is 3.39. The Labute approximate surface area is 116 Å². The van der Waals surface area contributed by atoms with Crippen molar-refractivity contribution in [3.8, 4) is 5.75 Å². The Morgan fingerprint density at radius 2 is 2.26 bits per heavy atom. The summed E-state index contributed by atoms with van der Waals surface area (Å²) < 4.78 is 0. The number of aliphatic hydroxyl groups excluding tert-OH is 1. The molecule has 0 radical (unpaired) electrons. The van der Waals surface area contributed by atoms with Crippen molar-refractivity contribution in [1.29, 1.82) is 0 Å². The summed E-state index contributed by atoms with van der Waals surface area (Å²) >= 11 is 6.22. The van der Waals surface area contributed by atoms with Crippen molar-refractivity contribution in [2.24, 2.45) is 0 Å². The average Bonchev–Trinajstić information content (AvgIpc) is 2.66. The van der Waals surface area contributed by atoms with Gasteiger partial charge < -0.3 is 15.2 Å². The van der Waals surface area contributed by atoms with E-state index in [-0.39, 0.29) is 18.4 Å². The molecule has 19 heavy (non-hydrogen) atoms. The second-order valence-electron chi connectivity index (χ2n) is 5.03. The van der Waals surface area contributed by atoms with E-state index in [1.807, 2.05) is 6.07 Å². The zero-order valence-corrected chi connectivity index (χ0v) is 11.3. The van der Waals surface area contributed by atoms with Crippen LogP contribution in [0.1, 0.15) is 12.0 Å². The zero-order chi connectivity index (χ0) is 13.4. The van der Waals surface area contributed by atoms with Crippen molar-refractivity contribution in [2.75, 3.05) is 19.7 Å². The molecule has 1 aliphatic heterocycles. The summed E-state index contributed by atoms with van der Waals surface area (Å²) in [5, 5.41) is 20.5. The van der Waals surface area contributed by atoms with Gasteiger partial charge in [-0.1, -0.05) is 17.7 Å². The van der Waals surface area contributed by atoms with Gasteiger partial charge in [0.25, 0.3) is 0 Å². The summed E-state index contributed by atoms with van der Waals surface area (Å²) in [6.45, 7) is 2.09. The van der Waals surface area contributed by atoms with Gasteiger partial charge in [-0.15, -0.1) is 0 Å². The summed E-state index contributed by atoms with van der Waals surface area (Å²) in [5.74, 6) is 0.262. The predicted octanol–water partition coefficient (Wildman–Crippen LogP) is 2.14. The van der Waals surface area contributed by atoms with Crippen LogP contribution in [0.4, 0.5) is 0 Å². The van der Waals surface area contributed by atoms with Crippen LogP contribution in [0.3, 0.4) is 0 Å². The standard InChI is InChI=1S/C14H17ClN2O2/c15-14-10(5-7-17-6-4-9(17)8-18)13-11(16-14)2-1-3-12(13)19/h1-3,9,16,18-19H,4-8H2. The molecule has 1 fully saturated rings.